The highest BCUT2D eigenvalue weighted by molar-refractivity contribution is 5.22. The van der Waals surface area contributed by atoms with Gasteiger partial charge in [0.25, 0.3) is 0 Å². The Bertz CT molecular complexity index is 900. The average molecular weight is 633 g/mol. The minimum Gasteiger partial charge on any atom is -0.460 e. The maximum absolute atomic E-state index is 12.1. The molecule has 2 atom stereocenters. The fourth-order valence-electron chi connectivity index (χ4n) is 5.09. The molecule has 0 aromatic heterocycles. The van der Waals surface area contributed by atoms with E-state index >= 15 is 0 Å². The third-order valence-corrected chi connectivity index (χ3v) is 7.59. The predicted octanol–water partition coefficient (Wildman–Crippen LogP) is 6.75. The lowest BCUT2D eigenvalue weighted by Crippen LogP contribution is -2.50. The molecule has 0 amide bonds. The maximum atomic E-state index is 12.1. The van der Waals surface area contributed by atoms with Gasteiger partial charge in [-0.15, -0.1) is 0 Å². The summed E-state index contributed by atoms with van der Waals surface area (Å²) in [5.41, 5.74) is 1.08. The summed E-state index contributed by atoms with van der Waals surface area (Å²) in [4.78, 5) is 0. The lowest BCUT2D eigenvalue weighted by molar-refractivity contribution is -0.227. The topological polar surface area (TPSA) is 95.8 Å². The van der Waals surface area contributed by atoms with E-state index in [1.54, 1.807) is 0 Å². The number of rotatable bonds is 31. The van der Waals surface area contributed by atoms with Crippen molar-refractivity contribution in [1.82, 2.24) is 0 Å². The fraction of sp³-hybridized carbons (Fsp3) is 0.676. The second-order valence-electron chi connectivity index (χ2n) is 11.4. The summed E-state index contributed by atoms with van der Waals surface area (Å²) in [5, 5.41) is 20.8. The summed E-state index contributed by atoms with van der Waals surface area (Å²) in [6.45, 7) is 6.09. The summed E-state index contributed by atoms with van der Waals surface area (Å²) < 4.78 is 34.5. The Labute approximate surface area is 272 Å². The normalized spacial score (nSPS) is 13.5. The lowest BCUT2D eigenvalue weighted by atomic mass is 9.95. The van der Waals surface area contributed by atoms with E-state index in [2.05, 4.69) is 19.1 Å². The van der Waals surface area contributed by atoms with Crippen molar-refractivity contribution < 1.29 is 38.6 Å². The summed E-state index contributed by atoms with van der Waals surface area (Å²) in [6, 6.07) is 19.6. The van der Waals surface area contributed by atoms with Gasteiger partial charge < -0.3 is 38.6 Å². The quantitative estimate of drug-likeness (QED) is 0.0696. The summed E-state index contributed by atoms with van der Waals surface area (Å²) in [6.07, 6.45) is 12.7. The van der Waals surface area contributed by atoms with Gasteiger partial charge in [0, 0.05) is 12.8 Å². The molecule has 256 valence electrons. The van der Waals surface area contributed by atoms with Crippen LogP contribution in [0.25, 0.3) is 0 Å². The number of hydrogen-bond acceptors (Lipinski definition) is 8. The molecule has 0 radical (unpaired) electrons. The van der Waals surface area contributed by atoms with Gasteiger partial charge in [0.2, 0.25) is 5.79 Å². The van der Waals surface area contributed by atoms with Crippen molar-refractivity contribution in [3.05, 3.63) is 66.2 Å². The van der Waals surface area contributed by atoms with E-state index in [9.17, 15) is 5.11 Å². The molecule has 0 aliphatic rings. The first-order chi connectivity index (χ1) is 22.2. The molecule has 2 aromatic rings. The molecule has 0 aliphatic carbocycles. The van der Waals surface area contributed by atoms with Crippen LogP contribution in [0.4, 0.5) is 0 Å². The molecule has 45 heavy (non-hydrogen) atoms. The van der Waals surface area contributed by atoms with E-state index in [1.807, 2.05) is 48.5 Å². The highest BCUT2D eigenvalue weighted by Crippen LogP contribution is 2.29. The van der Waals surface area contributed by atoms with Crippen LogP contribution in [0.1, 0.15) is 83.1 Å². The smallest absolute Gasteiger partial charge is 0.234 e. The fourth-order valence-corrected chi connectivity index (χ4v) is 5.09. The van der Waals surface area contributed by atoms with Crippen molar-refractivity contribution in [2.75, 3.05) is 66.1 Å². The molecule has 2 unspecified atom stereocenters. The van der Waals surface area contributed by atoms with Gasteiger partial charge >= 0.3 is 0 Å². The van der Waals surface area contributed by atoms with E-state index in [1.165, 1.54) is 51.4 Å². The zero-order valence-electron chi connectivity index (χ0n) is 27.8. The van der Waals surface area contributed by atoms with E-state index in [0.717, 1.165) is 18.4 Å². The van der Waals surface area contributed by atoms with Gasteiger partial charge in [0.15, 0.2) is 0 Å². The Morgan fingerprint density at radius 3 is 1.58 bits per heavy atom. The van der Waals surface area contributed by atoms with Crippen LogP contribution in [0.2, 0.25) is 0 Å². The van der Waals surface area contributed by atoms with Gasteiger partial charge in [-0.25, -0.2) is 0 Å². The highest BCUT2D eigenvalue weighted by Gasteiger charge is 2.40. The van der Waals surface area contributed by atoms with E-state index < -0.39 is 11.9 Å². The monoisotopic (exact) mass is 632 g/mol. The molecule has 0 bridgehead atoms. The first kappa shape index (κ1) is 39.1. The van der Waals surface area contributed by atoms with Crippen LogP contribution in [-0.4, -0.2) is 88.2 Å². The molecule has 0 heterocycles. The van der Waals surface area contributed by atoms with Crippen molar-refractivity contribution in [2.45, 2.75) is 95.9 Å². The SMILES string of the molecule is CCCCCCCCCCCCC(O)(Oc1ccccc1)C(Cc1ccccc1)OCCOCCOCCOCCOCCO. The van der Waals surface area contributed by atoms with E-state index in [0.29, 0.717) is 78.1 Å². The molecule has 8 heteroatoms. The van der Waals surface area contributed by atoms with Crippen molar-refractivity contribution in [1.29, 1.82) is 0 Å². The summed E-state index contributed by atoms with van der Waals surface area (Å²) >= 11 is 0. The van der Waals surface area contributed by atoms with Gasteiger partial charge in [-0.05, 0) is 24.1 Å². The molecule has 0 fully saturated rings. The largest absolute Gasteiger partial charge is 0.460 e. The van der Waals surface area contributed by atoms with Crippen LogP contribution in [0.15, 0.2) is 60.7 Å². The predicted molar refractivity (Wildman–Crippen MR) is 179 cm³/mol. The van der Waals surface area contributed by atoms with Gasteiger partial charge in [-0.3, -0.25) is 0 Å². The van der Waals surface area contributed by atoms with E-state index in [-0.39, 0.29) is 6.61 Å². The van der Waals surface area contributed by atoms with Crippen LogP contribution < -0.4 is 4.74 Å². The Morgan fingerprint density at radius 2 is 1.04 bits per heavy atom. The first-order valence-corrected chi connectivity index (χ1v) is 17.2. The van der Waals surface area contributed by atoms with Gasteiger partial charge in [-0.1, -0.05) is 113 Å². The number of benzene rings is 2. The first-order valence-electron chi connectivity index (χ1n) is 17.2. The minimum absolute atomic E-state index is 0.0174. The number of hydrogen-bond donors (Lipinski definition) is 2. The second kappa shape index (κ2) is 27.1. The van der Waals surface area contributed by atoms with Crippen LogP contribution in [-0.2, 0) is 30.1 Å². The Balaban J connectivity index is 1.82. The zero-order chi connectivity index (χ0) is 32.1. The van der Waals surface area contributed by atoms with Crippen LogP contribution in [0, 0.1) is 0 Å². The summed E-state index contributed by atoms with van der Waals surface area (Å²) in [7, 11) is 0. The molecule has 0 saturated carbocycles. The third-order valence-electron chi connectivity index (χ3n) is 7.59. The third kappa shape index (κ3) is 19.9. The molecule has 2 aromatic carbocycles. The van der Waals surface area contributed by atoms with Crippen LogP contribution in [0.5, 0.6) is 5.75 Å². The molecular formula is C37H60O8. The molecule has 0 saturated heterocycles. The standard InChI is InChI=1S/C37H60O8/c1-2-3-4-5-6-7-8-9-10-17-22-37(39,45-35-20-15-12-16-21-35)36(33-34-18-13-11-14-19-34)44-32-31-43-30-29-42-28-27-41-26-25-40-24-23-38/h11-16,18-21,36,38-39H,2-10,17,22-33H2,1H3. The van der Waals surface area contributed by atoms with Crippen LogP contribution in [0.3, 0.4) is 0 Å². The summed E-state index contributed by atoms with van der Waals surface area (Å²) in [5.74, 6) is -0.854. The van der Waals surface area contributed by atoms with Gasteiger partial charge in [-0.2, -0.15) is 0 Å². The minimum atomic E-state index is -1.48. The number of ether oxygens (including phenoxy) is 6. The van der Waals surface area contributed by atoms with Crippen molar-refractivity contribution in [3.8, 4) is 5.75 Å². The highest BCUT2D eigenvalue weighted by atomic mass is 16.7. The van der Waals surface area contributed by atoms with Crippen molar-refractivity contribution in [2.24, 2.45) is 0 Å². The zero-order valence-corrected chi connectivity index (χ0v) is 27.8. The van der Waals surface area contributed by atoms with Gasteiger partial charge in [0.1, 0.15) is 11.9 Å². The molecule has 8 nitrogen and oxygen atoms in total. The maximum Gasteiger partial charge on any atom is 0.234 e. The van der Waals surface area contributed by atoms with Crippen molar-refractivity contribution >= 4 is 0 Å². The molecule has 2 N–H and O–H groups in total. The van der Waals surface area contributed by atoms with E-state index in [4.69, 9.17) is 33.5 Å². The Morgan fingerprint density at radius 1 is 0.578 bits per heavy atom. The number of aliphatic hydroxyl groups is 2. The molecule has 0 spiro atoms. The molecular weight excluding hydrogens is 572 g/mol. The lowest BCUT2D eigenvalue weighted by Gasteiger charge is -2.36. The number of aliphatic hydroxyl groups excluding tert-OH is 1. The van der Waals surface area contributed by atoms with Crippen molar-refractivity contribution in [3.63, 3.8) is 0 Å². The average Bonchev–Trinajstić information content (AvgIpc) is 3.06. The van der Waals surface area contributed by atoms with Crippen LogP contribution >= 0.6 is 0 Å². The molecule has 0 aliphatic heterocycles. The Hall–Kier alpha value is -2.04. The Kier molecular flexibility index (Phi) is 23.6. The number of unbranched alkanes of at least 4 members (excludes halogenated alkanes) is 9. The molecule has 2 rings (SSSR count). The second-order valence-corrected chi connectivity index (χ2v) is 11.4. The number of para-hydroxylation sites is 1. The van der Waals surface area contributed by atoms with Gasteiger partial charge in [0.05, 0.1) is 66.1 Å².